The van der Waals surface area contributed by atoms with E-state index in [-0.39, 0.29) is 55.7 Å². The monoisotopic (exact) mass is 69.0 g/mol. The minimum absolute atomic E-state index is 0. The third-order valence-electron chi connectivity index (χ3n) is 0. The van der Waals surface area contributed by atoms with E-state index in [1.54, 1.807) is 0 Å². The van der Waals surface area contributed by atoms with E-state index in [0.29, 0.717) is 0 Å². The zero-order valence-electron chi connectivity index (χ0n) is 4.71. The molecule has 4 heavy (non-hydrogen) atoms. The van der Waals surface area contributed by atoms with Gasteiger partial charge in [-0.15, -0.1) is 0 Å². The predicted molar refractivity (Wildman–Crippen MR) is 21.0 cm³/mol. The number of hydrogen-bond acceptors (Lipinski definition) is 0. The molecule has 21 valence electrons. The Hall–Kier alpha value is 1.28. The molecule has 0 aromatic rings. The molecule has 0 amide bonds. The van der Waals surface area contributed by atoms with Crippen LogP contribution in [0.1, 0.15) is 2.85 Å². The van der Waals surface area contributed by atoms with Gasteiger partial charge in [0, 0.05) is 18.9 Å². The zero-order valence-corrected chi connectivity index (χ0v) is 4.12. The smallest absolute Gasteiger partial charge is 1.00 e. The molecule has 0 saturated carbocycles. The quantitative estimate of drug-likeness (QED) is 0.290. The van der Waals surface area contributed by atoms with Gasteiger partial charge in [0.25, 0.3) is 0 Å². The third-order valence-corrected chi connectivity index (χ3v) is 0. The van der Waals surface area contributed by atoms with Crippen molar-refractivity contribution in [1.29, 1.82) is 0 Å². The Bertz CT molecular complexity index is 11.5. The fraction of sp³-hybridized carbons (Fsp3) is 0. The molecule has 0 aliphatic heterocycles. The van der Waals surface area contributed by atoms with Crippen molar-refractivity contribution in [2.45, 2.75) is 0 Å². The Morgan fingerprint density at radius 3 is 1.00 bits per heavy atom. The first kappa shape index (κ1) is 58.8. The maximum atomic E-state index is 0. The summed E-state index contributed by atoms with van der Waals surface area (Å²) in [6.07, 6.45) is 0. The van der Waals surface area contributed by atoms with Crippen molar-refractivity contribution in [2.24, 2.45) is 0 Å². The van der Waals surface area contributed by atoms with E-state index in [1.165, 1.54) is 0 Å². The summed E-state index contributed by atoms with van der Waals surface area (Å²) in [6, 6.07) is 0. The SMILES string of the molecule is O.O.[H-].[H-].[Li].[Mg+2]. The zero-order chi connectivity index (χ0) is 0. The molecule has 0 bridgehead atoms. The van der Waals surface area contributed by atoms with Gasteiger partial charge in [0.15, 0.2) is 0 Å². The molecule has 0 heterocycles. The molecule has 0 saturated heterocycles. The van der Waals surface area contributed by atoms with E-state index in [0.717, 1.165) is 0 Å². The van der Waals surface area contributed by atoms with Gasteiger partial charge in [-0.25, -0.2) is 0 Å². The van der Waals surface area contributed by atoms with Gasteiger partial charge in [0.1, 0.15) is 0 Å². The largest absolute Gasteiger partial charge is 2.00 e. The van der Waals surface area contributed by atoms with Crippen molar-refractivity contribution in [1.82, 2.24) is 0 Å². The van der Waals surface area contributed by atoms with Crippen LogP contribution in [0.5, 0.6) is 0 Å². The van der Waals surface area contributed by atoms with Gasteiger partial charge in [-0.2, -0.15) is 0 Å². The van der Waals surface area contributed by atoms with Crippen LogP contribution in [0.4, 0.5) is 0 Å². The second-order valence-corrected chi connectivity index (χ2v) is 0. The van der Waals surface area contributed by atoms with Crippen LogP contribution >= 0.6 is 0 Å². The molecule has 1 radical (unpaired) electrons. The molecule has 0 aromatic carbocycles. The van der Waals surface area contributed by atoms with Crippen LogP contribution in [0.25, 0.3) is 0 Å². The number of rotatable bonds is 0. The molecule has 0 spiro atoms. The molecular formula is H6LiMgO2. The predicted octanol–water partition coefficient (Wildman–Crippen LogP) is -2.19. The summed E-state index contributed by atoms with van der Waals surface area (Å²) in [5, 5.41) is 0. The van der Waals surface area contributed by atoms with Crippen molar-refractivity contribution in [3.05, 3.63) is 0 Å². The number of hydrogen-bond donors (Lipinski definition) is 0. The summed E-state index contributed by atoms with van der Waals surface area (Å²) in [6.45, 7) is 0. The summed E-state index contributed by atoms with van der Waals surface area (Å²) in [5.41, 5.74) is 0. The molecule has 4 N–H and O–H groups in total. The molecule has 0 aliphatic carbocycles. The first-order chi connectivity index (χ1) is 0. The van der Waals surface area contributed by atoms with Crippen LogP contribution in [-0.4, -0.2) is 52.9 Å². The Morgan fingerprint density at radius 2 is 1.00 bits per heavy atom. The summed E-state index contributed by atoms with van der Waals surface area (Å²) in [4.78, 5) is 0. The van der Waals surface area contributed by atoms with Gasteiger partial charge in [-0.1, -0.05) is 0 Å². The fourth-order valence-corrected chi connectivity index (χ4v) is 0. The Labute approximate surface area is 55.9 Å². The van der Waals surface area contributed by atoms with Crippen molar-refractivity contribution in [3.8, 4) is 0 Å². The first-order valence-electron chi connectivity index (χ1n) is 0. The summed E-state index contributed by atoms with van der Waals surface area (Å²) in [7, 11) is 0. The van der Waals surface area contributed by atoms with Gasteiger partial charge in [-0.3, -0.25) is 0 Å². The van der Waals surface area contributed by atoms with E-state index >= 15 is 0 Å². The average Bonchev–Trinajstić information content (AvgIpc) is 0. The van der Waals surface area contributed by atoms with Crippen molar-refractivity contribution in [2.75, 3.05) is 0 Å². The van der Waals surface area contributed by atoms with E-state index in [2.05, 4.69) is 0 Å². The van der Waals surface area contributed by atoms with Crippen molar-refractivity contribution < 1.29 is 13.8 Å². The van der Waals surface area contributed by atoms with Gasteiger partial charge >= 0.3 is 23.1 Å². The third kappa shape index (κ3) is 10.4. The van der Waals surface area contributed by atoms with Crippen LogP contribution in [0.15, 0.2) is 0 Å². The van der Waals surface area contributed by atoms with Gasteiger partial charge in [0.2, 0.25) is 0 Å². The summed E-state index contributed by atoms with van der Waals surface area (Å²) >= 11 is 0. The van der Waals surface area contributed by atoms with Gasteiger partial charge in [-0.05, 0) is 0 Å². The van der Waals surface area contributed by atoms with E-state index < -0.39 is 0 Å². The van der Waals surface area contributed by atoms with E-state index in [4.69, 9.17) is 0 Å². The maximum absolute atomic E-state index is 0. The Balaban J connectivity index is 0. The van der Waals surface area contributed by atoms with Crippen LogP contribution in [0.2, 0.25) is 0 Å². The van der Waals surface area contributed by atoms with Gasteiger partial charge in [0.05, 0.1) is 0 Å². The minimum atomic E-state index is 0. The standard InChI is InChI=1S/Li.Mg.2H2O.2H/h;;2*1H2;;/q;+2;;;2*-1. The molecule has 0 unspecified atom stereocenters. The van der Waals surface area contributed by atoms with Crippen molar-refractivity contribution in [3.63, 3.8) is 0 Å². The molecular weight excluding hydrogens is 63.2 g/mol. The van der Waals surface area contributed by atoms with E-state index in [9.17, 15) is 0 Å². The van der Waals surface area contributed by atoms with Crippen LogP contribution < -0.4 is 0 Å². The normalized spacial score (nSPS) is 0. The molecule has 0 atom stereocenters. The topological polar surface area (TPSA) is 63.0 Å². The summed E-state index contributed by atoms with van der Waals surface area (Å²) in [5.74, 6) is 0. The van der Waals surface area contributed by atoms with E-state index in [1.807, 2.05) is 0 Å². The molecule has 0 aliphatic rings. The summed E-state index contributed by atoms with van der Waals surface area (Å²) < 4.78 is 0. The minimum Gasteiger partial charge on any atom is -1.00 e. The second kappa shape index (κ2) is 28.0. The van der Waals surface area contributed by atoms with Crippen LogP contribution in [0.3, 0.4) is 0 Å². The van der Waals surface area contributed by atoms with Gasteiger partial charge < -0.3 is 13.8 Å². The average molecular weight is 69.3 g/mol. The van der Waals surface area contributed by atoms with Crippen LogP contribution in [-0.2, 0) is 0 Å². The fourth-order valence-electron chi connectivity index (χ4n) is 0. The molecule has 0 rings (SSSR count). The Morgan fingerprint density at radius 1 is 1.00 bits per heavy atom. The second-order valence-electron chi connectivity index (χ2n) is 0. The van der Waals surface area contributed by atoms with Crippen molar-refractivity contribution >= 4 is 41.9 Å². The molecule has 0 aromatic heterocycles. The molecule has 0 fully saturated rings. The molecule has 2 nitrogen and oxygen atoms in total. The van der Waals surface area contributed by atoms with Crippen LogP contribution in [0, 0.1) is 0 Å². The Kier molecular flexibility index (Phi) is 412. The maximum Gasteiger partial charge on any atom is 2.00 e. The molecule has 4 heteroatoms. The first-order valence-corrected chi connectivity index (χ1v) is 0.